The molecule has 0 aliphatic carbocycles. The van der Waals surface area contributed by atoms with Gasteiger partial charge in [-0.3, -0.25) is 0 Å². The van der Waals surface area contributed by atoms with Gasteiger partial charge in [0.2, 0.25) is 0 Å². The molecule has 0 aliphatic rings. The van der Waals surface area contributed by atoms with E-state index in [9.17, 15) is 9.18 Å². The molecule has 0 saturated heterocycles. The van der Waals surface area contributed by atoms with Gasteiger partial charge in [-0.1, -0.05) is 6.07 Å². The van der Waals surface area contributed by atoms with E-state index in [4.69, 9.17) is 5.11 Å². The highest BCUT2D eigenvalue weighted by atomic mass is 19.1. The first-order valence-corrected chi connectivity index (χ1v) is 4.63. The number of aromatic nitrogens is 2. The molecule has 0 atom stereocenters. The van der Waals surface area contributed by atoms with Crippen molar-refractivity contribution in [3.8, 4) is 5.69 Å². The van der Waals surface area contributed by atoms with Crippen LogP contribution in [0.25, 0.3) is 5.69 Å². The van der Waals surface area contributed by atoms with Gasteiger partial charge in [0, 0.05) is 6.20 Å². The van der Waals surface area contributed by atoms with Crippen molar-refractivity contribution in [1.82, 2.24) is 9.78 Å². The normalized spacial score (nSPS) is 10.4. The van der Waals surface area contributed by atoms with Crippen LogP contribution in [0.4, 0.5) is 4.39 Å². The van der Waals surface area contributed by atoms with Crippen LogP contribution in [0, 0.1) is 12.7 Å². The van der Waals surface area contributed by atoms with Crippen LogP contribution in [0.15, 0.2) is 30.6 Å². The molecule has 1 aromatic carbocycles. The zero-order valence-corrected chi connectivity index (χ0v) is 8.51. The Morgan fingerprint density at radius 1 is 1.50 bits per heavy atom. The van der Waals surface area contributed by atoms with Crippen molar-refractivity contribution in [3.05, 3.63) is 47.5 Å². The van der Waals surface area contributed by atoms with E-state index in [1.807, 2.05) is 6.92 Å². The number of hydrogen-bond donors (Lipinski definition) is 1. The molecule has 0 bridgehead atoms. The minimum absolute atomic E-state index is 0.223. The van der Waals surface area contributed by atoms with Crippen LogP contribution in [0.2, 0.25) is 0 Å². The van der Waals surface area contributed by atoms with E-state index in [1.54, 1.807) is 12.4 Å². The summed E-state index contributed by atoms with van der Waals surface area (Å²) < 4.78 is 14.7. The van der Waals surface area contributed by atoms with E-state index >= 15 is 0 Å². The molecule has 0 amide bonds. The predicted octanol–water partition coefficient (Wildman–Crippen LogP) is 2.02. The van der Waals surface area contributed by atoms with Gasteiger partial charge in [-0.25, -0.2) is 13.9 Å². The van der Waals surface area contributed by atoms with Crippen LogP contribution >= 0.6 is 0 Å². The smallest absolute Gasteiger partial charge is 0.340 e. The van der Waals surface area contributed by atoms with Gasteiger partial charge in [0.25, 0.3) is 0 Å². The summed E-state index contributed by atoms with van der Waals surface area (Å²) in [5.41, 5.74) is 0.729. The van der Waals surface area contributed by atoms with Crippen LogP contribution in [0.5, 0.6) is 0 Å². The lowest BCUT2D eigenvalue weighted by Crippen LogP contribution is -2.08. The van der Waals surface area contributed by atoms with Crippen LogP contribution in [-0.2, 0) is 0 Å². The third-order valence-electron chi connectivity index (χ3n) is 2.16. The Morgan fingerprint density at radius 3 is 2.81 bits per heavy atom. The van der Waals surface area contributed by atoms with Crippen molar-refractivity contribution in [2.24, 2.45) is 0 Å². The monoisotopic (exact) mass is 220 g/mol. The van der Waals surface area contributed by atoms with E-state index in [0.29, 0.717) is 0 Å². The molecule has 4 nitrogen and oxygen atoms in total. The van der Waals surface area contributed by atoms with Gasteiger partial charge in [0.15, 0.2) is 0 Å². The Kier molecular flexibility index (Phi) is 2.44. The van der Waals surface area contributed by atoms with Crippen LogP contribution in [0.3, 0.4) is 0 Å². The molecule has 0 saturated carbocycles. The van der Waals surface area contributed by atoms with Crippen molar-refractivity contribution in [2.45, 2.75) is 6.92 Å². The average molecular weight is 220 g/mol. The van der Waals surface area contributed by atoms with E-state index in [1.165, 1.54) is 16.8 Å². The number of nitrogens with zero attached hydrogens (tertiary/aromatic N) is 2. The number of halogens is 1. The molecule has 0 fully saturated rings. The summed E-state index contributed by atoms with van der Waals surface area (Å²) in [6, 6.07) is 4.08. The zero-order valence-electron chi connectivity index (χ0n) is 8.51. The summed E-state index contributed by atoms with van der Waals surface area (Å²) in [7, 11) is 0. The fraction of sp³-hybridized carbons (Fsp3) is 0.0909. The Labute approximate surface area is 90.9 Å². The summed E-state index contributed by atoms with van der Waals surface area (Å²) in [6.07, 6.45) is 3.22. The largest absolute Gasteiger partial charge is 0.478 e. The van der Waals surface area contributed by atoms with Crippen molar-refractivity contribution in [3.63, 3.8) is 0 Å². The number of carboxylic acids is 1. The van der Waals surface area contributed by atoms with E-state index in [2.05, 4.69) is 5.10 Å². The standard InChI is InChI=1S/C11H9FN2O2/c1-7-5-13-14(6-7)9-4-2-3-8(12)10(9)11(15)16/h2-6H,1H3,(H,15,16). The summed E-state index contributed by atoms with van der Waals surface area (Å²) in [6.45, 7) is 1.82. The minimum atomic E-state index is -1.30. The molecule has 0 aliphatic heterocycles. The first-order chi connectivity index (χ1) is 7.59. The number of rotatable bonds is 2. The lowest BCUT2D eigenvalue weighted by molar-refractivity contribution is 0.0691. The van der Waals surface area contributed by atoms with Gasteiger partial charge in [0.05, 0.1) is 11.9 Å². The molecule has 0 spiro atoms. The molecule has 1 heterocycles. The van der Waals surface area contributed by atoms with Gasteiger partial charge in [0.1, 0.15) is 11.4 Å². The fourth-order valence-corrected chi connectivity index (χ4v) is 1.46. The van der Waals surface area contributed by atoms with Gasteiger partial charge in [-0.2, -0.15) is 5.10 Å². The summed E-state index contributed by atoms with van der Waals surface area (Å²) in [4.78, 5) is 10.9. The zero-order chi connectivity index (χ0) is 11.7. The molecule has 0 radical (unpaired) electrons. The van der Waals surface area contributed by atoms with E-state index in [-0.39, 0.29) is 11.3 Å². The maximum absolute atomic E-state index is 13.4. The number of carboxylic acid groups (broad SMARTS) is 1. The van der Waals surface area contributed by atoms with Crippen LogP contribution in [0.1, 0.15) is 15.9 Å². The lowest BCUT2D eigenvalue weighted by atomic mass is 10.1. The second-order valence-electron chi connectivity index (χ2n) is 3.40. The number of aromatic carboxylic acids is 1. The molecule has 0 unspecified atom stereocenters. The molecule has 82 valence electrons. The number of carbonyl (C=O) groups is 1. The van der Waals surface area contributed by atoms with Crippen molar-refractivity contribution < 1.29 is 14.3 Å². The number of benzene rings is 1. The second kappa shape index (κ2) is 3.77. The number of aryl methyl sites for hydroxylation is 1. The van der Waals surface area contributed by atoms with Gasteiger partial charge in [-0.15, -0.1) is 0 Å². The summed E-state index contributed by atoms with van der Waals surface area (Å²) >= 11 is 0. The summed E-state index contributed by atoms with van der Waals surface area (Å²) in [5, 5.41) is 12.9. The molecule has 2 aromatic rings. The molecular formula is C11H9FN2O2. The van der Waals surface area contributed by atoms with E-state index < -0.39 is 11.8 Å². The first-order valence-electron chi connectivity index (χ1n) is 4.63. The first kappa shape index (κ1) is 10.4. The van der Waals surface area contributed by atoms with E-state index in [0.717, 1.165) is 11.6 Å². The average Bonchev–Trinajstić information content (AvgIpc) is 2.63. The highest BCUT2D eigenvalue weighted by Crippen LogP contribution is 2.17. The molecule has 1 N–H and O–H groups in total. The Bertz CT molecular complexity index is 549. The molecule has 2 rings (SSSR count). The number of hydrogen-bond acceptors (Lipinski definition) is 2. The predicted molar refractivity (Wildman–Crippen MR) is 55.2 cm³/mol. The quantitative estimate of drug-likeness (QED) is 0.842. The lowest BCUT2D eigenvalue weighted by Gasteiger charge is -2.06. The SMILES string of the molecule is Cc1cnn(-c2cccc(F)c2C(=O)O)c1. The molecule has 16 heavy (non-hydrogen) atoms. The molecule has 1 aromatic heterocycles. The maximum atomic E-state index is 13.4. The summed E-state index contributed by atoms with van der Waals surface area (Å²) in [5.74, 6) is -2.07. The third kappa shape index (κ3) is 1.67. The van der Waals surface area contributed by atoms with Crippen molar-refractivity contribution in [2.75, 3.05) is 0 Å². The topological polar surface area (TPSA) is 55.1 Å². The minimum Gasteiger partial charge on any atom is -0.478 e. The Balaban J connectivity index is 2.65. The van der Waals surface area contributed by atoms with Gasteiger partial charge >= 0.3 is 5.97 Å². The second-order valence-corrected chi connectivity index (χ2v) is 3.40. The molecule has 5 heteroatoms. The maximum Gasteiger partial charge on any atom is 0.340 e. The van der Waals surface area contributed by atoms with Crippen LogP contribution < -0.4 is 0 Å². The van der Waals surface area contributed by atoms with Crippen molar-refractivity contribution >= 4 is 5.97 Å². The highest BCUT2D eigenvalue weighted by Gasteiger charge is 2.17. The van der Waals surface area contributed by atoms with Crippen LogP contribution in [-0.4, -0.2) is 20.9 Å². The Morgan fingerprint density at radius 2 is 2.25 bits per heavy atom. The van der Waals surface area contributed by atoms with Gasteiger partial charge in [-0.05, 0) is 24.6 Å². The fourth-order valence-electron chi connectivity index (χ4n) is 1.46. The Hall–Kier alpha value is -2.17. The van der Waals surface area contributed by atoms with Crippen molar-refractivity contribution in [1.29, 1.82) is 0 Å². The highest BCUT2D eigenvalue weighted by molar-refractivity contribution is 5.92. The van der Waals surface area contributed by atoms with Gasteiger partial charge < -0.3 is 5.11 Å². The molecular weight excluding hydrogens is 211 g/mol. The third-order valence-corrected chi connectivity index (χ3v) is 2.16.